The monoisotopic (exact) mass is 328 g/mol. The molecular formula is C18H40N4O. The smallest absolute Gasteiger partial charge is 0.149 e. The van der Waals surface area contributed by atoms with Crippen molar-refractivity contribution in [3.8, 4) is 0 Å². The molecule has 138 valence electrons. The molecule has 0 saturated carbocycles. The maximum atomic E-state index is 11.8. The number of nitrogens with two attached hydrogens (primary N) is 3. The zero-order chi connectivity index (χ0) is 17.2. The number of unbranched alkanes of at least 4 members (excludes halogenated alkanes) is 7. The molecule has 0 aliphatic rings. The molecule has 0 aromatic carbocycles. The Morgan fingerprint density at radius 1 is 0.739 bits per heavy atom. The molecule has 0 aromatic rings. The van der Waals surface area contributed by atoms with Crippen molar-refractivity contribution in [2.75, 3.05) is 26.2 Å². The number of carbonyl (C=O) groups is 1. The van der Waals surface area contributed by atoms with E-state index in [1.807, 2.05) is 0 Å². The lowest BCUT2D eigenvalue weighted by atomic mass is 10.0. The number of hydrogen-bond acceptors (Lipinski definition) is 5. The molecule has 0 saturated heterocycles. The Bertz CT molecular complexity index is 261. The van der Waals surface area contributed by atoms with Crippen molar-refractivity contribution in [2.45, 2.75) is 83.1 Å². The Morgan fingerprint density at radius 2 is 1.30 bits per heavy atom. The van der Waals surface area contributed by atoms with Gasteiger partial charge in [-0.15, -0.1) is 0 Å². The van der Waals surface area contributed by atoms with Gasteiger partial charge >= 0.3 is 0 Å². The zero-order valence-corrected chi connectivity index (χ0v) is 15.0. The minimum Gasteiger partial charge on any atom is -0.330 e. The summed E-state index contributed by atoms with van der Waals surface area (Å²) in [5, 5.41) is 3.40. The van der Waals surface area contributed by atoms with E-state index in [-0.39, 0.29) is 11.8 Å². The van der Waals surface area contributed by atoms with Crippen LogP contribution in [-0.2, 0) is 4.79 Å². The van der Waals surface area contributed by atoms with Gasteiger partial charge in [-0.05, 0) is 58.3 Å². The quantitative estimate of drug-likeness (QED) is 0.288. The fraction of sp³-hybridized carbons (Fsp3) is 0.944. The summed E-state index contributed by atoms with van der Waals surface area (Å²) in [4.78, 5) is 11.8. The van der Waals surface area contributed by atoms with Crippen molar-refractivity contribution in [3.05, 3.63) is 0 Å². The molecule has 7 N–H and O–H groups in total. The lowest BCUT2D eigenvalue weighted by Gasteiger charge is -2.10. The van der Waals surface area contributed by atoms with Gasteiger partial charge in [0.25, 0.3) is 0 Å². The van der Waals surface area contributed by atoms with E-state index in [0.29, 0.717) is 13.0 Å². The molecule has 0 heterocycles. The van der Waals surface area contributed by atoms with Crippen LogP contribution in [0.15, 0.2) is 0 Å². The van der Waals surface area contributed by atoms with Crippen LogP contribution in [-0.4, -0.2) is 38.0 Å². The second-order valence-electron chi connectivity index (χ2n) is 6.47. The van der Waals surface area contributed by atoms with Gasteiger partial charge in [-0.3, -0.25) is 4.79 Å². The summed E-state index contributed by atoms with van der Waals surface area (Å²) in [7, 11) is 0. The third-order valence-electron chi connectivity index (χ3n) is 4.22. The maximum absolute atomic E-state index is 11.8. The predicted molar refractivity (Wildman–Crippen MR) is 99.4 cm³/mol. The summed E-state index contributed by atoms with van der Waals surface area (Å²) in [6.07, 6.45) is 12.9. The molecule has 0 amide bonds. The van der Waals surface area contributed by atoms with Crippen molar-refractivity contribution in [1.29, 1.82) is 0 Å². The molecule has 0 fully saturated rings. The number of nitrogens with one attached hydrogen (secondary N) is 1. The van der Waals surface area contributed by atoms with E-state index < -0.39 is 0 Å². The number of rotatable bonds is 18. The highest BCUT2D eigenvalue weighted by molar-refractivity contribution is 5.83. The second-order valence-corrected chi connectivity index (χ2v) is 6.47. The lowest BCUT2D eigenvalue weighted by molar-refractivity contribution is -0.120. The molecule has 0 bridgehead atoms. The van der Waals surface area contributed by atoms with E-state index in [9.17, 15) is 4.79 Å². The van der Waals surface area contributed by atoms with Gasteiger partial charge in [0, 0.05) is 6.42 Å². The van der Waals surface area contributed by atoms with Gasteiger partial charge in [0.15, 0.2) is 0 Å². The Balaban J connectivity index is 3.24. The minimum atomic E-state index is -0.270. The number of hydrogen-bond donors (Lipinski definition) is 4. The van der Waals surface area contributed by atoms with Crippen LogP contribution in [0, 0.1) is 0 Å². The molecule has 0 aliphatic heterocycles. The van der Waals surface area contributed by atoms with Crippen molar-refractivity contribution >= 4 is 5.78 Å². The maximum Gasteiger partial charge on any atom is 0.149 e. The van der Waals surface area contributed by atoms with Crippen LogP contribution in [0.5, 0.6) is 0 Å². The van der Waals surface area contributed by atoms with Gasteiger partial charge in [0.1, 0.15) is 5.78 Å². The molecule has 0 unspecified atom stereocenters. The van der Waals surface area contributed by atoms with Crippen molar-refractivity contribution in [3.63, 3.8) is 0 Å². The Kier molecular flexibility index (Phi) is 17.5. The normalized spacial score (nSPS) is 12.5. The molecular weight excluding hydrogens is 288 g/mol. The average Bonchev–Trinajstić information content (AvgIpc) is 2.55. The summed E-state index contributed by atoms with van der Waals surface area (Å²) >= 11 is 0. The number of Topliss-reactive ketones (excluding diaryl/α,β-unsaturated/α-hetero) is 1. The van der Waals surface area contributed by atoms with Gasteiger partial charge in [-0.2, -0.15) is 0 Å². The Labute approximate surface area is 143 Å². The molecule has 0 aliphatic carbocycles. The van der Waals surface area contributed by atoms with Crippen molar-refractivity contribution in [1.82, 2.24) is 5.32 Å². The molecule has 5 heteroatoms. The molecule has 23 heavy (non-hydrogen) atoms. The van der Waals surface area contributed by atoms with Crippen LogP contribution < -0.4 is 22.5 Å². The van der Waals surface area contributed by atoms with E-state index in [4.69, 9.17) is 17.2 Å². The minimum absolute atomic E-state index is 0.227. The summed E-state index contributed by atoms with van der Waals surface area (Å²) in [6, 6.07) is -0.270. The summed E-state index contributed by atoms with van der Waals surface area (Å²) in [5.41, 5.74) is 16.8. The van der Waals surface area contributed by atoms with Gasteiger partial charge < -0.3 is 22.5 Å². The predicted octanol–water partition coefficient (Wildman–Crippen LogP) is 2.07. The fourth-order valence-electron chi connectivity index (χ4n) is 2.64. The highest BCUT2D eigenvalue weighted by Gasteiger charge is 2.11. The van der Waals surface area contributed by atoms with E-state index in [1.54, 1.807) is 0 Å². The van der Waals surface area contributed by atoms with Crippen LogP contribution in [0.3, 0.4) is 0 Å². The van der Waals surface area contributed by atoms with Crippen LogP contribution in [0.2, 0.25) is 0 Å². The Morgan fingerprint density at radius 3 is 1.96 bits per heavy atom. The van der Waals surface area contributed by atoms with E-state index in [1.165, 1.54) is 32.1 Å². The zero-order valence-electron chi connectivity index (χ0n) is 15.0. The number of ketones is 1. The van der Waals surface area contributed by atoms with Gasteiger partial charge in [0.05, 0.1) is 6.04 Å². The standard InChI is InChI=1S/C18H40N4O/c19-13-8-7-11-17(21)18(23)12-6-4-2-1-3-5-9-15-22-16-10-14-20/h17,22H,1-16,19-21H2/t17-/m1/s1. The van der Waals surface area contributed by atoms with Crippen LogP contribution in [0.1, 0.15) is 77.0 Å². The first kappa shape index (κ1) is 22.5. The topological polar surface area (TPSA) is 107 Å². The first-order valence-corrected chi connectivity index (χ1v) is 9.61. The largest absolute Gasteiger partial charge is 0.330 e. The van der Waals surface area contributed by atoms with E-state index >= 15 is 0 Å². The van der Waals surface area contributed by atoms with Crippen LogP contribution in [0.4, 0.5) is 0 Å². The molecule has 5 nitrogen and oxygen atoms in total. The molecule has 0 rings (SSSR count). The van der Waals surface area contributed by atoms with E-state index in [2.05, 4.69) is 5.32 Å². The van der Waals surface area contributed by atoms with E-state index in [0.717, 1.165) is 58.2 Å². The second kappa shape index (κ2) is 17.9. The molecule has 0 aromatic heterocycles. The summed E-state index contributed by atoms with van der Waals surface area (Å²) in [6.45, 7) is 3.61. The van der Waals surface area contributed by atoms with Gasteiger partial charge in [-0.1, -0.05) is 38.5 Å². The lowest BCUT2D eigenvalue weighted by Crippen LogP contribution is -2.30. The third kappa shape index (κ3) is 16.2. The average molecular weight is 329 g/mol. The third-order valence-corrected chi connectivity index (χ3v) is 4.22. The highest BCUT2D eigenvalue weighted by atomic mass is 16.1. The van der Waals surface area contributed by atoms with Crippen LogP contribution in [0.25, 0.3) is 0 Å². The Hall–Kier alpha value is -0.490. The SMILES string of the molecule is NCCCC[C@@H](N)C(=O)CCCCCCCCCNCCCN. The molecule has 0 radical (unpaired) electrons. The fourth-order valence-corrected chi connectivity index (χ4v) is 2.64. The van der Waals surface area contributed by atoms with Gasteiger partial charge in [-0.25, -0.2) is 0 Å². The summed E-state index contributed by atoms with van der Waals surface area (Å²) in [5.74, 6) is 0.227. The highest BCUT2D eigenvalue weighted by Crippen LogP contribution is 2.10. The van der Waals surface area contributed by atoms with Crippen molar-refractivity contribution in [2.24, 2.45) is 17.2 Å². The first-order chi connectivity index (χ1) is 11.2. The van der Waals surface area contributed by atoms with Crippen LogP contribution >= 0.6 is 0 Å². The number of carbonyl (C=O) groups excluding carboxylic acids is 1. The van der Waals surface area contributed by atoms with Gasteiger partial charge in [0.2, 0.25) is 0 Å². The molecule has 1 atom stereocenters. The van der Waals surface area contributed by atoms with Crippen molar-refractivity contribution < 1.29 is 4.79 Å². The molecule has 0 spiro atoms. The summed E-state index contributed by atoms with van der Waals surface area (Å²) < 4.78 is 0. The first-order valence-electron chi connectivity index (χ1n) is 9.61.